The van der Waals surface area contributed by atoms with E-state index in [2.05, 4.69) is 90.1 Å². The molecule has 0 aliphatic carbocycles. The van der Waals surface area contributed by atoms with Gasteiger partial charge in [0.1, 0.15) is 5.82 Å². The minimum Gasteiger partial charge on any atom is -0.304 e. The van der Waals surface area contributed by atoms with E-state index in [1.165, 1.54) is 11.1 Å². The molecule has 1 fully saturated rings. The van der Waals surface area contributed by atoms with Crippen molar-refractivity contribution in [2.45, 2.75) is 32.2 Å². The van der Waals surface area contributed by atoms with Crippen molar-refractivity contribution in [1.82, 2.24) is 24.6 Å². The summed E-state index contributed by atoms with van der Waals surface area (Å²) in [6.07, 6.45) is 2.73. The van der Waals surface area contributed by atoms with Crippen molar-refractivity contribution in [2.24, 2.45) is 0 Å². The SMILES string of the molecule is Cc1cccc(-n2nc(CCc3ccccc3)nc2CC2CN(C)CCN2C)c1. The van der Waals surface area contributed by atoms with Crippen LogP contribution in [0.4, 0.5) is 0 Å². The molecule has 1 aromatic heterocycles. The Kier molecular flexibility index (Phi) is 6.07. The summed E-state index contributed by atoms with van der Waals surface area (Å²) in [7, 11) is 4.43. The van der Waals surface area contributed by atoms with Crippen molar-refractivity contribution < 1.29 is 0 Å². The molecule has 1 saturated heterocycles. The molecule has 0 spiro atoms. The quantitative estimate of drug-likeness (QED) is 0.649. The van der Waals surface area contributed by atoms with Gasteiger partial charge in [-0.3, -0.25) is 0 Å². The molecular formula is C24H31N5. The third kappa shape index (κ3) is 4.92. The molecule has 2 heterocycles. The lowest BCUT2D eigenvalue weighted by molar-refractivity contribution is 0.113. The predicted octanol–water partition coefficient (Wildman–Crippen LogP) is 3.15. The van der Waals surface area contributed by atoms with Crippen LogP contribution in [0.15, 0.2) is 54.6 Å². The van der Waals surface area contributed by atoms with Gasteiger partial charge in [0.15, 0.2) is 5.82 Å². The largest absolute Gasteiger partial charge is 0.304 e. The number of aryl methyl sites for hydroxylation is 3. The van der Waals surface area contributed by atoms with E-state index in [-0.39, 0.29) is 0 Å². The average Bonchev–Trinajstić information content (AvgIpc) is 3.13. The lowest BCUT2D eigenvalue weighted by atomic mass is 10.1. The Morgan fingerprint density at radius 1 is 0.966 bits per heavy atom. The highest BCUT2D eigenvalue weighted by Crippen LogP contribution is 2.17. The van der Waals surface area contributed by atoms with Crippen molar-refractivity contribution in [3.63, 3.8) is 0 Å². The van der Waals surface area contributed by atoms with Crippen LogP contribution in [0, 0.1) is 6.92 Å². The molecule has 2 aromatic carbocycles. The van der Waals surface area contributed by atoms with Gasteiger partial charge < -0.3 is 9.80 Å². The number of benzene rings is 2. The molecule has 0 N–H and O–H groups in total. The summed E-state index contributed by atoms with van der Waals surface area (Å²) in [5.74, 6) is 1.99. The highest BCUT2D eigenvalue weighted by atomic mass is 15.4. The Balaban J connectivity index is 1.60. The number of hydrogen-bond donors (Lipinski definition) is 0. The van der Waals surface area contributed by atoms with Crippen LogP contribution < -0.4 is 0 Å². The first-order chi connectivity index (χ1) is 14.1. The van der Waals surface area contributed by atoms with Crippen LogP contribution in [0.25, 0.3) is 5.69 Å². The van der Waals surface area contributed by atoms with Gasteiger partial charge in [0.05, 0.1) is 5.69 Å². The molecule has 1 aliphatic rings. The first-order valence-electron chi connectivity index (χ1n) is 10.5. The van der Waals surface area contributed by atoms with Crippen LogP contribution in [0.3, 0.4) is 0 Å². The fraction of sp³-hybridized carbons (Fsp3) is 0.417. The number of piperazine rings is 1. The first-order valence-corrected chi connectivity index (χ1v) is 10.5. The maximum absolute atomic E-state index is 4.99. The molecule has 29 heavy (non-hydrogen) atoms. The fourth-order valence-electron chi connectivity index (χ4n) is 4.03. The van der Waals surface area contributed by atoms with E-state index >= 15 is 0 Å². The standard InChI is InChI=1S/C24H31N5/c1-19-8-7-11-21(16-19)29-24(17-22-18-27(2)14-15-28(22)3)25-23(26-29)13-12-20-9-5-4-6-10-20/h4-11,16,22H,12-15,17-18H2,1-3H3. The normalized spacial score (nSPS) is 18.2. The van der Waals surface area contributed by atoms with Crippen LogP contribution >= 0.6 is 0 Å². The Labute approximate surface area is 174 Å². The third-order valence-electron chi connectivity index (χ3n) is 5.84. The second kappa shape index (κ2) is 8.89. The molecular weight excluding hydrogens is 358 g/mol. The maximum Gasteiger partial charge on any atom is 0.151 e. The van der Waals surface area contributed by atoms with Crippen molar-refractivity contribution in [2.75, 3.05) is 33.7 Å². The van der Waals surface area contributed by atoms with Gasteiger partial charge in [-0.1, -0.05) is 42.5 Å². The van der Waals surface area contributed by atoms with Gasteiger partial charge in [0.2, 0.25) is 0 Å². The van der Waals surface area contributed by atoms with Crippen LogP contribution in [0.1, 0.15) is 22.8 Å². The zero-order valence-corrected chi connectivity index (χ0v) is 17.8. The Hall–Kier alpha value is -2.50. The fourth-order valence-corrected chi connectivity index (χ4v) is 4.03. The smallest absolute Gasteiger partial charge is 0.151 e. The average molecular weight is 390 g/mol. The summed E-state index contributed by atoms with van der Waals surface area (Å²) in [5.41, 5.74) is 3.67. The molecule has 152 valence electrons. The molecule has 1 unspecified atom stereocenters. The van der Waals surface area contributed by atoms with E-state index in [1.54, 1.807) is 0 Å². The van der Waals surface area contributed by atoms with E-state index in [9.17, 15) is 0 Å². The van der Waals surface area contributed by atoms with Crippen molar-refractivity contribution in [3.8, 4) is 5.69 Å². The van der Waals surface area contributed by atoms with Gasteiger partial charge in [0, 0.05) is 38.5 Å². The van der Waals surface area contributed by atoms with E-state index in [4.69, 9.17) is 10.1 Å². The van der Waals surface area contributed by atoms with E-state index in [1.807, 2.05) is 0 Å². The van der Waals surface area contributed by atoms with Crippen LogP contribution in [-0.4, -0.2) is 64.3 Å². The van der Waals surface area contributed by atoms with Gasteiger partial charge in [-0.2, -0.15) is 5.10 Å². The van der Waals surface area contributed by atoms with E-state index < -0.39 is 0 Å². The Bertz CT molecular complexity index is 933. The summed E-state index contributed by atoms with van der Waals surface area (Å²) < 4.78 is 2.07. The monoisotopic (exact) mass is 389 g/mol. The second-order valence-corrected chi connectivity index (χ2v) is 8.28. The minimum atomic E-state index is 0.462. The third-order valence-corrected chi connectivity index (χ3v) is 5.84. The van der Waals surface area contributed by atoms with Crippen molar-refractivity contribution in [1.29, 1.82) is 0 Å². The van der Waals surface area contributed by atoms with Crippen molar-refractivity contribution >= 4 is 0 Å². The molecule has 0 amide bonds. The molecule has 1 atom stereocenters. The van der Waals surface area contributed by atoms with Gasteiger partial charge >= 0.3 is 0 Å². The molecule has 5 heteroatoms. The number of nitrogens with zero attached hydrogens (tertiary/aromatic N) is 5. The topological polar surface area (TPSA) is 37.2 Å². The van der Waals surface area contributed by atoms with Crippen molar-refractivity contribution in [3.05, 3.63) is 77.4 Å². The number of likely N-dealkylation sites (N-methyl/N-ethyl adjacent to an activating group) is 2. The lowest BCUT2D eigenvalue weighted by Crippen LogP contribution is -2.51. The van der Waals surface area contributed by atoms with Gasteiger partial charge in [-0.25, -0.2) is 9.67 Å². The van der Waals surface area contributed by atoms with Crippen LogP contribution in [0.2, 0.25) is 0 Å². The Morgan fingerprint density at radius 2 is 1.79 bits per heavy atom. The van der Waals surface area contributed by atoms with Crippen LogP contribution in [-0.2, 0) is 19.3 Å². The summed E-state index contributed by atoms with van der Waals surface area (Å²) in [6.45, 7) is 5.41. The second-order valence-electron chi connectivity index (χ2n) is 8.28. The Morgan fingerprint density at radius 3 is 2.59 bits per heavy atom. The predicted molar refractivity (Wildman–Crippen MR) is 118 cm³/mol. The molecule has 4 rings (SSSR count). The molecule has 0 radical (unpaired) electrons. The molecule has 1 aliphatic heterocycles. The molecule has 3 aromatic rings. The lowest BCUT2D eigenvalue weighted by Gasteiger charge is -2.37. The number of aromatic nitrogens is 3. The maximum atomic E-state index is 4.99. The number of rotatable bonds is 6. The van der Waals surface area contributed by atoms with E-state index in [0.29, 0.717) is 6.04 Å². The summed E-state index contributed by atoms with van der Waals surface area (Å²) in [5, 5.41) is 4.92. The first kappa shape index (κ1) is 19.8. The molecule has 0 saturated carbocycles. The van der Waals surface area contributed by atoms with Gasteiger partial charge in [0.25, 0.3) is 0 Å². The van der Waals surface area contributed by atoms with Crippen LogP contribution in [0.5, 0.6) is 0 Å². The minimum absolute atomic E-state index is 0.462. The zero-order valence-electron chi connectivity index (χ0n) is 17.8. The van der Waals surface area contributed by atoms with E-state index in [0.717, 1.165) is 56.2 Å². The number of hydrogen-bond acceptors (Lipinski definition) is 4. The molecule has 0 bridgehead atoms. The summed E-state index contributed by atoms with van der Waals surface area (Å²) in [6, 6.07) is 19.6. The highest BCUT2D eigenvalue weighted by Gasteiger charge is 2.25. The van der Waals surface area contributed by atoms with Gasteiger partial charge in [-0.15, -0.1) is 0 Å². The molecule has 5 nitrogen and oxygen atoms in total. The summed E-state index contributed by atoms with van der Waals surface area (Å²) >= 11 is 0. The zero-order chi connectivity index (χ0) is 20.2. The summed E-state index contributed by atoms with van der Waals surface area (Å²) in [4.78, 5) is 9.86. The highest BCUT2D eigenvalue weighted by molar-refractivity contribution is 5.35. The van der Waals surface area contributed by atoms with Gasteiger partial charge in [-0.05, 0) is 50.7 Å².